The number of amides is 1. The Morgan fingerprint density at radius 3 is 2.79 bits per heavy atom. The van der Waals surface area contributed by atoms with Gasteiger partial charge in [-0.15, -0.1) is 0 Å². The van der Waals surface area contributed by atoms with E-state index < -0.39 is 29.0 Å². The zero-order valence-corrected chi connectivity index (χ0v) is 9.86. The largest absolute Gasteiger partial charge is 0.323 e. The standard InChI is InChI=1S/C12H10F2N4O/c13-6-3-7-10(8(14)4-6)16-11(19)9(17-18-15)5-12(7)1-2-12/h3-4,9H,1-2,5H2,(H,16,19). The summed E-state index contributed by atoms with van der Waals surface area (Å²) in [4.78, 5) is 14.5. The molecule has 1 aliphatic carbocycles. The highest BCUT2D eigenvalue weighted by Gasteiger charge is 2.50. The van der Waals surface area contributed by atoms with Crippen LogP contribution in [-0.2, 0) is 10.2 Å². The fraction of sp³-hybridized carbons (Fsp3) is 0.417. The highest BCUT2D eigenvalue weighted by atomic mass is 19.1. The van der Waals surface area contributed by atoms with Gasteiger partial charge in [0.05, 0.1) is 5.69 Å². The summed E-state index contributed by atoms with van der Waals surface area (Å²) in [6.45, 7) is 0. The van der Waals surface area contributed by atoms with E-state index in [1.165, 1.54) is 6.07 Å². The van der Waals surface area contributed by atoms with Crippen molar-refractivity contribution in [2.45, 2.75) is 30.7 Å². The summed E-state index contributed by atoms with van der Waals surface area (Å²) in [6, 6.07) is 1.11. The summed E-state index contributed by atoms with van der Waals surface area (Å²) in [5, 5.41) is 5.85. The van der Waals surface area contributed by atoms with Crippen LogP contribution in [0.1, 0.15) is 24.8 Å². The summed E-state index contributed by atoms with van der Waals surface area (Å²) >= 11 is 0. The molecule has 7 heteroatoms. The number of nitrogens with one attached hydrogen (secondary N) is 1. The molecule has 19 heavy (non-hydrogen) atoms. The number of halogens is 2. The Bertz CT molecular complexity index is 620. The first-order valence-corrected chi connectivity index (χ1v) is 5.90. The number of carbonyl (C=O) groups is 1. The molecule has 0 saturated heterocycles. The van der Waals surface area contributed by atoms with Crippen LogP contribution < -0.4 is 5.32 Å². The fourth-order valence-corrected chi connectivity index (χ4v) is 2.68. The average Bonchev–Trinajstić information content (AvgIpc) is 3.12. The first kappa shape index (κ1) is 11.9. The van der Waals surface area contributed by atoms with Crippen LogP contribution in [0.5, 0.6) is 0 Å². The highest BCUT2D eigenvalue weighted by molar-refractivity contribution is 5.97. The van der Waals surface area contributed by atoms with Gasteiger partial charge in [0.15, 0.2) is 0 Å². The van der Waals surface area contributed by atoms with E-state index in [2.05, 4.69) is 15.3 Å². The van der Waals surface area contributed by atoms with E-state index in [4.69, 9.17) is 5.53 Å². The lowest BCUT2D eigenvalue weighted by atomic mass is 9.89. The lowest BCUT2D eigenvalue weighted by Gasteiger charge is -2.16. The third kappa shape index (κ3) is 1.82. The van der Waals surface area contributed by atoms with Crippen LogP contribution in [0.4, 0.5) is 14.5 Å². The van der Waals surface area contributed by atoms with Gasteiger partial charge in [-0.3, -0.25) is 4.79 Å². The maximum atomic E-state index is 13.8. The zero-order chi connectivity index (χ0) is 13.6. The Morgan fingerprint density at radius 1 is 1.42 bits per heavy atom. The summed E-state index contributed by atoms with van der Waals surface area (Å²) < 4.78 is 27.2. The van der Waals surface area contributed by atoms with E-state index in [-0.39, 0.29) is 5.69 Å². The van der Waals surface area contributed by atoms with Crippen molar-refractivity contribution < 1.29 is 13.6 Å². The summed E-state index contributed by atoms with van der Waals surface area (Å²) in [6.07, 6.45) is 1.75. The van der Waals surface area contributed by atoms with Crippen LogP contribution in [0, 0.1) is 11.6 Å². The zero-order valence-electron chi connectivity index (χ0n) is 9.86. The Balaban J connectivity index is 2.15. The molecular formula is C12H10F2N4O. The molecule has 1 aliphatic heterocycles. The minimum Gasteiger partial charge on any atom is -0.323 e. The number of azide groups is 1. The topological polar surface area (TPSA) is 77.9 Å². The van der Waals surface area contributed by atoms with Crippen LogP contribution in [-0.4, -0.2) is 11.9 Å². The maximum absolute atomic E-state index is 13.8. The molecular weight excluding hydrogens is 254 g/mol. The third-order valence-electron chi connectivity index (χ3n) is 3.81. The van der Waals surface area contributed by atoms with Gasteiger partial charge in [0, 0.05) is 11.0 Å². The van der Waals surface area contributed by atoms with Gasteiger partial charge < -0.3 is 5.32 Å². The number of benzene rings is 1. The Kier molecular flexibility index (Phi) is 2.46. The minimum atomic E-state index is -0.887. The number of fused-ring (bicyclic) bond motifs is 2. The van der Waals surface area contributed by atoms with E-state index in [1.54, 1.807) is 0 Å². The number of carbonyl (C=O) groups excluding carboxylic acids is 1. The molecule has 1 saturated carbocycles. The minimum absolute atomic E-state index is 0.0135. The molecule has 5 nitrogen and oxygen atoms in total. The van der Waals surface area contributed by atoms with Gasteiger partial charge >= 0.3 is 0 Å². The second kappa shape index (κ2) is 3.93. The van der Waals surface area contributed by atoms with E-state index in [9.17, 15) is 13.6 Å². The number of hydrogen-bond acceptors (Lipinski definition) is 2. The molecule has 1 spiro atoms. The number of rotatable bonds is 1. The molecule has 1 unspecified atom stereocenters. The molecule has 1 aromatic rings. The maximum Gasteiger partial charge on any atom is 0.233 e. The van der Waals surface area contributed by atoms with Gasteiger partial charge in [0.1, 0.15) is 17.7 Å². The van der Waals surface area contributed by atoms with E-state index in [0.29, 0.717) is 12.0 Å². The first-order chi connectivity index (χ1) is 9.05. The van der Waals surface area contributed by atoms with Crippen LogP contribution in [0.15, 0.2) is 17.2 Å². The molecule has 1 heterocycles. The average molecular weight is 264 g/mol. The second-order valence-corrected chi connectivity index (χ2v) is 5.00. The normalized spacial score (nSPS) is 23.1. The summed E-state index contributed by atoms with van der Waals surface area (Å²) in [5.41, 5.74) is 8.51. The van der Waals surface area contributed by atoms with Crippen LogP contribution in [0.25, 0.3) is 10.4 Å². The van der Waals surface area contributed by atoms with Gasteiger partial charge in [-0.1, -0.05) is 5.11 Å². The van der Waals surface area contributed by atoms with Gasteiger partial charge in [0.25, 0.3) is 0 Å². The quantitative estimate of drug-likeness (QED) is 0.472. The van der Waals surface area contributed by atoms with Crippen LogP contribution >= 0.6 is 0 Å². The lowest BCUT2D eigenvalue weighted by molar-refractivity contribution is -0.117. The molecule has 1 amide bonds. The van der Waals surface area contributed by atoms with Crippen LogP contribution in [0.3, 0.4) is 0 Å². The first-order valence-electron chi connectivity index (χ1n) is 5.90. The molecule has 0 bridgehead atoms. The number of anilines is 1. The molecule has 3 rings (SSSR count). The molecule has 1 aromatic carbocycles. The Hall–Kier alpha value is -2.14. The predicted octanol–water partition coefficient (Wildman–Crippen LogP) is 3.02. The fourth-order valence-electron chi connectivity index (χ4n) is 2.68. The Morgan fingerprint density at radius 2 is 2.16 bits per heavy atom. The predicted molar refractivity (Wildman–Crippen MR) is 63.5 cm³/mol. The van der Waals surface area contributed by atoms with Crippen LogP contribution in [0.2, 0.25) is 0 Å². The van der Waals surface area contributed by atoms with Crippen molar-refractivity contribution in [1.82, 2.24) is 0 Å². The second-order valence-electron chi connectivity index (χ2n) is 5.00. The molecule has 1 N–H and O–H groups in total. The smallest absolute Gasteiger partial charge is 0.233 e. The lowest BCUT2D eigenvalue weighted by Crippen LogP contribution is -2.26. The third-order valence-corrected chi connectivity index (χ3v) is 3.81. The van der Waals surface area contributed by atoms with Crippen molar-refractivity contribution in [3.63, 3.8) is 0 Å². The highest BCUT2D eigenvalue weighted by Crippen LogP contribution is 2.56. The molecule has 0 radical (unpaired) electrons. The monoisotopic (exact) mass is 264 g/mol. The molecule has 1 atom stereocenters. The van der Waals surface area contributed by atoms with E-state index in [1.807, 2.05) is 0 Å². The van der Waals surface area contributed by atoms with E-state index in [0.717, 1.165) is 18.9 Å². The van der Waals surface area contributed by atoms with Gasteiger partial charge in [-0.25, -0.2) is 8.78 Å². The van der Waals surface area contributed by atoms with Crippen molar-refractivity contribution in [2.24, 2.45) is 5.11 Å². The summed E-state index contributed by atoms with van der Waals surface area (Å²) in [7, 11) is 0. The van der Waals surface area contributed by atoms with Crippen molar-refractivity contribution in [3.05, 3.63) is 39.8 Å². The molecule has 1 fully saturated rings. The van der Waals surface area contributed by atoms with Crippen molar-refractivity contribution in [2.75, 3.05) is 5.32 Å². The number of hydrogen-bond donors (Lipinski definition) is 1. The van der Waals surface area contributed by atoms with Gasteiger partial charge in [-0.2, -0.15) is 0 Å². The number of nitrogens with zero attached hydrogens (tertiary/aromatic N) is 3. The molecule has 98 valence electrons. The Labute approximate surface area is 107 Å². The van der Waals surface area contributed by atoms with Crippen molar-refractivity contribution >= 4 is 11.6 Å². The molecule has 0 aromatic heterocycles. The van der Waals surface area contributed by atoms with Crippen molar-refractivity contribution in [3.8, 4) is 0 Å². The van der Waals surface area contributed by atoms with E-state index >= 15 is 0 Å². The molecule has 2 aliphatic rings. The summed E-state index contributed by atoms with van der Waals surface area (Å²) in [5.74, 6) is -2.01. The van der Waals surface area contributed by atoms with Gasteiger partial charge in [0.2, 0.25) is 5.91 Å². The van der Waals surface area contributed by atoms with Gasteiger partial charge in [-0.05, 0) is 41.8 Å². The van der Waals surface area contributed by atoms with Crippen molar-refractivity contribution in [1.29, 1.82) is 0 Å². The SMILES string of the molecule is [N-]=[N+]=NC1CC2(CC2)c2cc(F)cc(F)c2NC1=O.